The lowest BCUT2D eigenvalue weighted by atomic mass is 10.1. The summed E-state index contributed by atoms with van der Waals surface area (Å²) in [5, 5.41) is 4.73. The minimum Gasteiger partial charge on any atom is -0.497 e. The summed E-state index contributed by atoms with van der Waals surface area (Å²) in [6, 6.07) is 28.8. The monoisotopic (exact) mass is 529 g/mol. The number of hydrogen-bond acceptors (Lipinski definition) is 6. The smallest absolute Gasteiger partial charge is 0.243 e. The van der Waals surface area contributed by atoms with Crippen molar-refractivity contribution >= 4 is 10.0 Å². The van der Waals surface area contributed by atoms with Gasteiger partial charge in [-0.1, -0.05) is 48.5 Å². The van der Waals surface area contributed by atoms with E-state index in [1.54, 1.807) is 36.0 Å². The van der Waals surface area contributed by atoms with Gasteiger partial charge < -0.3 is 13.9 Å². The number of nitrogens with zero attached hydrogens (tertiary/aromatic N) is 3. The number of methoxy groups -OCH3 is 1. The molecule has 9 heteroatoms. The van der Waals surface area contributed by atoms with Crippen molar-refractivity contribution in [1.29, 1.82) is 0 Å². The van der Waals surface area contributed by atoms with Crippen LogP contribution in [0.15, 0.2) is 113 Å². The second-order valence-electron chi connectivity index (χ2n) is 8.57. The highest BCUT2D eigenvalue weighted by Gasteiger charge is 2.30. The van der Waals surface area contributed by atoms with Crippen LogP contribution in [0.25, 0.3) is 11.3 Å². The van der Waals surface area contributed by atoms with Crippen LogP contribution in [0.1, 0.15) is 11.3 Å². The van der Waals surface area contributed by atoms with Crippen molar-refractivity contribution in [3.8, 4) is 28.6 Å². The number of furan rings is 1. The molecule has 3 aromatic carbocycles. The molecule has 0 aliphatic carbocycles. The summed E-state index contributed by atoms with van der Waals surface area (Å²) < 4.78 is 47.9. The van der Waals surface area contributed by atoms with Crippen molar-refractivity contribution in [2.45, 2.75) is 18.0 Å². The number of benzene rings is 3. The van der Waals surface area contributed by atoms with E-state index < -0.39 is 10.0 Å². The van der Waals surface area contributed by atoms with Crippen molar-refractivity contribution in [3.05, 3.63) is 115 Å². The van der Waals surface area contributed by atoms with Crippen LogP contribution in [0.5, 0.6) is 17.4 Å². The van der Waals surface area contributed by atoms with Crippen molar-refractivity contribution in [3.63, 3.8) is 0 Å². The molecule has 0 spiro atoms. The summed E-state index contributed by atoms with van der Waals surface area (Å²) in [4.78, 5) is 0.139. The normalized spacial score (nSPS) is 11.6. The van der Waals surface area contributed by atoms with Crippen LogP contribution in [0.2, 0.25) is 0 Å². The van der Waals surface area contributed by atoms with Gasteiger partial charge in [-0.15, -0.1) is 0 Å². The Labute approximate surface area is 221 Å². The Balaban J connectivity index is 1.61. The largest absolute Gasteiger partial charge is 0.497 e. The molecule has 38 heavy (non-hydrogen) atoms. The summed E-state index contributed by atoms with van der Waals surface area (Å²) in [5.41, 5.74) is 2.11. The number of hydrogen-bond donors (Lipinski definition) is 0. The van der Waals surface area contributed by atoms with Crippen molar-refractivity contribution < 1.29 is 22.3 Å². The fraction of sp³-hybridized carbons (Fsp3) is 0.138. The van der Waals surface area contributed by atoms with Gasteiger partial charge in [-0.25, -0.2) is 13.1 Å². The lowest BCUT2D eigenvalue weighted by molar-refractivity contribution is 0.350. The molecule has 0 fully saturated rings. The highest BCUT2D eigenvalue weighted by atomic mass is 32.2. The molecule has 2 heterocycles. The van der Waals surface area contributed by atoms with E-state index in [9.17, 15) is 8.42 Å². The molecular weight excluding hydrogens is 502 g/mol. The maximum atomic E-state index is 14.0. The highest BCUT2D eigenvalue weighted by molar-refractivity contribution is 7.89. The van der Waals surface area contributed by atoms with Crippen LogP contribution < -0.4 is 9.47 Å². The van der Waals surface area contributed by atoms with E-state index in [2.05, 4.69) is 0 Å². The maximum Gasteiger partial charge on any atom is 0.243 e. The van der Waals surface area contributed by atoms with Gasteiger partial charge in [0.1, 0.15) is 23.0 Å². The molecule has 0 amide bonds. The molecule has 0 saturated carbocycles. The van der Waals surface area contributed by atoms with E-state index in [-0.39, 0.29) is 18.0 Å². The predicted octanol–water partition coefficient (Wildman–Crippen LogP) is 5.87. The number of aromatic nitrogens is 2. The molecule has 0 radical (unpaired) electrons. The number of aryl methyl sites for hydroxylation is 1. The molecule has 194 valence electrons. The Morgan fingerprint density at radius 1 is 0.842 bits per heavy atom. The first-order valence-corrected chi connectivity index (χ1v) is 13.4. The number of para-hydroxylation sites is 1. The molecule has 2 aromatic heterocycles. The van der Waals surface area contributed by atoms with E-state index in [0.717, 1.165) is 5.56 Å². The molecule has 0 N–H and O–H groups in total. The Hall–Kier alpha value is -4.34. The predicted molar refractivity (Wildman–Crippen MR) is 143 cm³/mol. The van der Waals surface area contributed by atoms with Gasteiger partial charge >= 0.3 is 0 Å². The Morgan fingerprint density at radius 3 is 2.16 bits per heavy atom. The minimum absolute atomic E-state index is 0.00467. The Kier molecular flexibility index (Phi) is 7.30. The minimum atomic E-state index is -3.95. The van der Waals surface area contributed by atoms with Crippen molar-refractivity contribution in [2.24, 2.45) is 7.05 Å². The van der Waals surface area contributed by atoms with E-state index in [0.29, 0.717) is 34.4 Å². The SMILES string of the molecule is COc1ccc(S(=O)(=O)N(Cc2ccco2)Cc2c(-c3ccccc3)nn(C)c2Oc2ccccc2)cc1. The summed E-state index contributed by atoms with van der Waals surface area (Å²) >= 11 is 0. The molecular formula is C29H27N3O5S. The van der Waals surface area contributed by atoms with Crippen molar-refractivity contribution in [1.82, 2.24) is 14.1 Å². The Bertz CT molecular complexity index is 1580. The van der Waals surface area contributed by atoms with Gasteiger partial charge in [0.2, 0.25) is 15.9 Å². The maximum absolute atomic E-state index is 14.0. The van der Waals surface area contributed by atoms with E-state index in [4.69, 9.17) is 19.0 Å². The first kappa shape index (κ1) is 25.3. The highest BCUT2D eigenvalue weighted by Crippen LogP contribution is 2.36. The van der Waals surface area contributed by atoms with Gasteiger partial charge in [-0.3, -0.25) is 0 Å². The van der Waals surface area contributed by atoms with Crippen LogP contribution in [-0.2, 0) is 30.2 Å². The van der Waals surface area contributed by atoms with Gasteiger partial charge in [0.05, 0.1) is 30.4 Å². The summed E-state index contributed by atoms with van der Waals surface area (Å²) in [6.45, 7) is 0.0184. The van der Waals surface area contributed by atoms with Gasteiger partial charge in [0.15, 0.2) is 0 Å². The van der Waals surface area contributed by atoms with Gasteiger partial charge in [0.25, 0.3) is 0 Å². The molecule has 5 rings (SSSR count). The molecule has 0 saturated heterocycles. The third-order valence-electron chi connectivity index (χ3n) is 6.04. The first-order chi connectivity index (χ1) is 18.5. The second kappa shape index (κ2) is 11.0. The zero-order valence-corrected chi connectivity index (χ0v) is 21.8. The van der Waals surface area contributed by atoms with Gasteiger partial charge in [-0.2, -0.15) is 9.40 Å². The molecule has 0 atom stereocenters. The molecule has 8 nitrogen and oxygen atoms in total. The van der Waals surface area contributed by atoms with Gasteiger partial charge in [0, 0.05) is 19.2 Å². The zero-order valence-electron chi connectivity index (χ0n) is 21.0. The third kappa shape index (κ3) is 5.34. The molecule has 0 bridgehead atoms. The van der Waals surface area contributed by atoms with Crippen molar-refractivity contribution in [2.75, 3.05) is 7.11 Å². The topological polar surface area (TPSA) is 86.8 Å². The number of ether oxygens (including phenoxy) is 2. The van der Waals surface area contributed by atoms with E-state index in [1.165, 1.54) is 29.8 Å². The number of sulfonamides is 1. The lowest BCUT2D eigenvalue weighted by Crippen LogP contribution is -2.30. The fourth-order valence-electron chi connectivity index (χ4n) is 4.13. The van der Waals surface area contributed by atoms with E-state index >= 15 is 0 Å². The molecule has 0 aliphatic heterocycles. The average molecular weight is 530 g/mol. The summed E-state index contributed by atoms with van der Waals surface area (Å²) in [7, 11) is -0.637. The lowest BCUT2D eigenvalue weighted by Gasteiger charge is -2.22. The van der Waals surface area contributed by atoms with Crippen LogP contribution in [0, 0.1) is 0 Å². The molecule has 0 unspecified atom stereocenters. The second-order valence-corrected chi connectivity index (χ2v) is 10.5. The summed E-state index contributed by atoms with van der Waals surface area (Å²) in [5.74, 6) is 2.15. The average Bonchev–Trinajstić information content (AvgIpc) is 3.57. The van der Waals surface area contributed by atoms with Crippen LogP contribution >= 0.6 is 0 Å². The molecule has 0 aliphatic rings. The number of rotatable bonds is 10. The van der Waals surface area contributed by atoms with E-state index in [1.807, 2.05) is 60.7 Å². The third-order valence-corrected chi connectivity index (χ3v) is 7.84. The van der Waals surface area contributed by atoms with Gasteiger partial charge in [-0.05, 0) is 48.5 Å². The Morgan fingerprint density at radius 2 is 1.53 bits per heavy atom. The zero-order chi connectivity index (χ0) is 26.5. The molecule has 5 aromatic rings. The fourth-order valence-corrected chi connectivity index (χ4v) is 5.50. The summed E-state index contributed by atoms with van der Waals surface area (Å²) in [6.07, 6.45) is 1.52. The van der Waals surface area contributed by atoms with Crippen LogP contribution in [-0.4, -0.2) is 29.6 Å². The van der Waals surface area contributed by atoms with Crippen LogP contribution in [0.4, 0.5) is 0 Å². The quantitative estimate of drug-likeness (QED) is 0.225. The first-order valence-electron chi connectivity index (χ1n) is 12.0. The standard InChI is InChI=1S/C29H27N3O5S/c1-31-29(37-24-12-7-4-8-13-24)27(28(30-31)22-10-5-3-6-11-22)21-32(20-25-14-9-19-36-25)38(33,34)26-17-15-23(35-2)16-18-26/h3-19H,20-21H2,1-2H3. The van der Waals surface area contributed by atoms with Crippen LogP contribution in [0.3, 0.4) is 0 Å².